The standard InChI is InChI=1S/C19H12Cl2N2S/c1-12-3-2-4-13(7-12)8-15(10-22)19-23-18(11-24-19)14-5-6-16(20)17(21)9-14/h2-9,11H,1H3/b15-8+. The van der Waals surface area contributed by atoms with Crippen LogP contribution in [0.4, 0.5) is 0 Å². The number of aryl methyl sites for hydroxylation is 1. The minimum absolute atomic E-state index is 0.486. The minimum Gasteiger partial charge on any atom is -0.235 e. The Morgan fingerprint density at radius 1 is 1.17 bits per heavy atom. The van der Waals surface area contributed by atoms with Gasteiger partial charge in [0.05, 0.1) is 21.3 Å². The van der Waals surface area contributed by atoms with Crippen LogP contribution in [0.5, 0.6) is 0 Å². The molecule has 3 rings (SSSR count). The Morgan fingerprint density at radius 3 is 2.71 bits per heavy atom. The number of allylic oxidation sites excluding steroid dienone is 1. The minimum atomic E-state index is 0.486. The highest BCUT2D eigenvalue weighted by Gasteiger charge is 2.10. The van der Waals surface area contributed by atoms with E-state index in [1.54, 1.807) is 12.1 Å². The van der Waals surface area contributed by atoms with Gasteiger partial charge in [-0.2, -0.15) is 5.26 Å². The monoisotopic (exact) mass is 370 g/mol. The first-order chi connectivity index (χ1) is 11.6. The van der Waals surface area contributed by atoms with Gasteiger partial charge in [0.1, 0.15) is 11.1 Å². The van der Waals surface area contributed by atoms with E-state index in [1.165, 1.54) is 11.3 Å². The molecule has 0 amide bonds. The second-order valence-electron chi connectivity index (χ2n) is 5.25. The fourth-order valence-electron chi connectivity index (χ4n) is 2.25. The van der Waals surface area contributed by atoms with Gasteiger partial charge in [-0.15, -0.1) is 11.3 Å². The van der Waals surface area contributed by atoms with E-state index in [1.807, 2.05) is 48.7 Å². The van der Waals surface area contributed by atoms with Crippen LogP contribution in [0.25, 0.3) is 22.9 Å². The zero-order chi connectivity index (χ0) is 17.1. The predicted octanol–water partition coefficient (Wildman–Crippen LogP) is 6.49. The Morgan fingerprint density at radius 2 is 2.00 bits per heavy atom. The lowest BCUT2D eigenvalue weighted by atomic mass is 10.1. The van der Waals surface area contributed by atoms with Crippen LogP contribution < -0.4 is 0 Å². The molecule has 0 spiro atoms. The molecule has 0 aliphatic heterocycles. The third-order valence-electron chi connectivity index (χ3n) is 3.42. The van der Waals surface area contributed by atoms with Gasteiger partial charge in [-0.25, -0.2) is 4.98 Å². The molecule has 0 aliphatic carbocycles. The number of nitrogens with zero attached hydrogens (tertiary/aromatic N) is 2. The fourth-order valence-corrected chi connectivity index (χ4v) is 3.35. The Labute approximate surface area is 154 Å². The van der Waals surface area contributed by atoms with Crippen molar-refractivity contribution in [2.24, 2.45) is 0 Å². The molecule has 1 aromatic heterocycles. The summed E-state index contributed by atoms with van der Waals surface area (Å²) in [6.45, 7) is 2.02. The van der Waals surface area contributed by atoms with Crippen LogP contribution in [0.1, 0.15) is 16.1 Å². The van der Waals surface area contributed by atoms with Crippen LogP contribution in [0, 0.1) is 18.3 Å². The lowest BCUT2D eigenvalue weighted by Crippen LogP contribution is -1.84. The molecule has 118 valence electrons. The van der Waals surface area contributed by atoms with Crippen molar-refractivity contribution < 1.29 is 0 Å². The molecule has 2 aromatic carbocycles. The molecular weight excluding hydrogens is 359 g/mol. The summed E-state index contributed by atoms with van der Waals surface area (Å²) < 4.78 is 0. The van der Waals surface area contributed by atoms with Crippen LogP contribution in [0.15, 0.2) is 47.8 Å². The third-order valence-corrected chi connectivity index (χ3v) is 5.04. The van der Waals surface area contributed by atoms with E-state index in [4.69, 9.17) is 23.2 Å². The highest BCUT2D eigenvalue weighted by atomic mass is 35.5. The SMILES string of the molecule is Cc1cccc(/C=C(\C#N)c2nc(-c3ccc(Cl)c(Cl)c3)cs2)c1. The molecule has 2 nitrogen and oxygen atoms in total. The maximum atomic E-state index is 9.48. The van der Waals surface area contributed by atoms with Gasteiger partial charge >= 0.3 is 0 Å². The van der Waals surface area contributed by atoms with Crippen LogP contribution in [-0.2, 0) is 0 Å². The first kappa shape index (κ1) is 16.7. The first-order valence-electron chi connectivity index (χ1n) is 7.16. The van der Waals surface area contributed by atoms with Crippen LogP contribution >= 0.6 is 34.5 Å². The van der Waals surface area contributed by atoms with Crippen molar-refractivity contribution in [1.29, 1.82) is 5.26 Å². The molecule has 1 heterocycles. The molecule has 0 saturated heterocycles. The second kappa shape index (κ2) is 7.19. The normalized spacial score (nSPS) is 11.3. The van der Waals surface area contributed by atoms with Crippen molar-refractivity contribution in [3.63, 3.8) is 0 Å². The largest absolute Gasteiger partial charge is 0.235 e. The maximum absolute atomic E-state index is 9.48. The average molecular weight is 371 g/mol. The smallest absolute Gasteiger partial charge is 0.134 e. The molecule has 0 radical (unpaired) electrons. The van der Waals surface area contributed by atoms with E-state index in [0.717, 1.165) is 22.4 Å². The lowest BCUT2D eigenvalue weighted by molar-refractivity contribution is 1.37. The lowest BCUT2D eigenvalue weighted by Gasteiger charge is -2.00. The number of halogens is 2. The molecular formula is C19H12Cl2N2S. The molecule has 0 atom stereocenters. The van der Waals surface area contributed by atoms with Gasteiger partial charge in [-0.3, -0.25) is 0 Å². The summed E-state index contributed by atoms with van der Waals surface area (Å²) in [5.74, 6) is 0. The van der Waals surface area contributed by atoms with Gasteiger partial charge in [0.15, 0.2) is 0 Å². The molecule has 0 saturated carbocycles. The number of nitriles is 1. The van der Waals surface area contributed by atoms with Crippen molar-refractivity contribution in [2.45, 2.75) is 6.92 Å². The number of hydrogen-bond donors (Lipinski definition) is 0. The average Bonchev–Trinajstić information content (AvgIpc) is 3.05. The van der Waals surface area contributed by atoms with Gasteiger partial charge in [0.2, 0.25) is 0 Å². The van der Waals surface area contributed by atoms with E-state index in [-0.39, 0.29) is 0 Å². The zero-order valence-electron chi connectivity index (χ0n) is 12.8. The molecule has 0 aliphatic rings. The first-order valence-corrected chi connectivity index (χ1v) is 8.80. The number of benzene rings is 2. The van der Waals surface area contributed by atoms with Crippen LogP contribution in [0.3, 0.4) is 0 Å². The van der Waals surface area contributed by atoms with Gasteiger partial charge in [0, 0.05) is 10.9 Å². The number of aromatic nitrogens is 1. The number of hydrogen-bond acceptors (Lipinski definition) is 3. The van der Waals surface area contributed by atoms with Gasteiger partial charge in [0.25, 0.3) is 0 Å². The summed E-state index contributed by atoms with van der Waals surface area (Å²) in [4.78, 5) is 4.57. The number of thiazole rings is 1. The summed E-state index contributed by atoms with van der Waals surface area (Å²) in [7, 11) is 0. The van der Waals surface area contributed by atoms with Crippen molar-refractivity contribution in [3.05, 3.63) is 74.0 Å². The molecule has 24 heavy (non-hydrogen) atoms. The van der Waals surface area contributed by atoms with E-state index in [9.17, 15) is 5.26 Å². The van der Waals surface area contributed by atoms with Crippen LogP contribution in [0.2, 0.25) is 10.0 Å². The van der Waals surface area contributed by atoms with E-state index in [0.29, 0.717) is 20.6 Å². The van der Waals surface area contributed by atoms with E-state index < -0.39 is 0 Å². The zero-order valence-corrected chi connectivity index (χ0v) is 15.1. The highest BCUT2D eigenvalue weighted by molar-refractivity contribution is 7.11. The summed E-state index contributed by atoms with van der Waals surface area (Å²) in [6.07, 6.45) is 1.85. The Kier molecular flexibility index (Phi) is 5.01. The van der Waals surface area contributed by atoms with Crippen molar-refractivity contribution in [2.75, 3.05) is 0 Å². The summed E-state index contributed by atoms with van der Waals surface area (Å²) in [5, 5.41) is 13.1. The van der Waals surface area contributed by atoms with Crippen molar-refractivity contribution >= 4 is 46.2 Å². The predicted molar refractivity (Wildman–Crippen MR) is 102 cm³/mol. The molecule has 0 N–H and O–H groups in total. The summed E-state index contributed by atoms with van der Waals surface area (Å²) in [6, 6.07) is 15.6. The second-order valence-corrected chi connectivity index (χ2v) is 6.92. The molecule has 0 fully saturated rings. The Bertz CT molecular complexity index is 967. The molecule has 0 unspecified atom stereocenters. The quantitative estimate of drug-likeness (QED) is 0.494. The summed E-state index contributed by atoms with van der Waals surface area (Å²) in [5.41, 5.74) is 4.32. The van der Waals surface area contributed by atoms with Gasteiger partial charge < -0.3 is 0 Å². The van der Waals surface area contributed by atoms with E-state index in [2.05, 4.69) is 11.1 Å². The van der Waals surface area contributed by atoms with Crippen molar-refractivity contribution in [3.8, 4) is 17.3 Å². The fraction of sp³-hybridized carbons (Fsp3) is 0.0526. The van der Waals surface area contributed by atoms with Gasteiger partial charge in [-0.05, 0) is 30.7 Å². The van der Waals surface area contributed by atoms with Crippen molar-refractivity contribution in [1.82, 2.24) is 4.98 Å². The molecule has 5 heteroatoms. The molecule has 0 bridgehead atoms. The maximum Gasteiger partial charge on any atom is 0.134 e. The topological polar surface area (TPSA) is 36.7 Å². The molecule has 3 aromatic rings. The third kappa shape index (κ3) is 3.68. The van der Waals surface area contributed by atoms with Crippen LogP contribution in [-0.4, -0.2) is 4.98 Å². The number of rotatable bonds is 3. The van der Waals surface area contributed by atoms with E-state index >= 15 is 0 Å². The Balaban J connectivity index is 1.96. The summed E-state index contributed by atoms with van der Waals surface area (Å²) >= 11 is 13.4. The van der Waals surface area contributed by atoms with Gasteiger partial charge in [-0.1, -0.05) is 59.1 Å². The Hall–Kier alpha value is -2.12. The highest BCUT2D eigenvalue weighted by Crippen LogP contribution is 2.31.